The number of halogens is 4. The van der Waals surface area contributed by atoms with Crippen LogP contribution >= 0.6 is 0 Å². The maximum absolute atomic E-state index is 13.8. The van der Waals surface area contributed by atoms with Crippen LogP contribution in [-0.4, -0.2) is 44.8 Å². The van der Waals surface area contributed by atoms with Crippen LogP contribution in [0.1, 0.15) is 23.2 Å². The minimum Gasteiger partial charge on any atom is -0.340 e. The molecular formula is C19H17F4N7. The third kappa shape index (κ3) is 3.78. The number of rotatable bonds is 3. The van der Waals surface area contributed by atoms with Gasteiger partial charge in [0.2, 0.25) is 5.95 Å². The maximum atomic E-state index is 13.8. The minimum absolute atomic E-state index is 0.0735. The molecule has 1 fully saturated rings. The first-order valence-corrected chi connectivity index (χ1v) is 9.19. The number of nitrogens with two attached hydrogens (primary N) is 1. The van der Waals surface area contributed by atoms with Gasteiger partial charge in [-0.25, -0.2) is 14.4 Å². The molecule has 4 heterocycles. The summed E-state index contributed by atoms with van der Waals surface area (Å²) in [5.74, 6) is 0.352. The molecular weight excluding hydrogens is 402 g/mol. The Morgan fingerprint density at radius 2 is 2.03 bits per heavy atom. The Labute approximate surface area is 168 Å². The summed E-state index contributed by atoms with van der Waals surface area (Å²) in [7, 11) is 0. The number of imidazole rings is 1. The number of hydrogen-bond donors (Lipinski definition) is 1. The molecule has 11 heteroatoms. The maximum Gasteiger partial charge on any atom is 0.417 e. The van der Waals surface area contributed by atoms with Crippen LogP contribution in [0.4, 0.5) is 23.5 Å². The summed E-state index contributed by atoms with van der Waals surface area (Å²) in [6.07, 6.45) is -3.33. The average molecular weight is 419 g/mol. The van der Waals surface area contributed by atoms with Crippen molar-refractivity contribution in [3.8, 4) is 6.07 Å². The lowest BCUT2D eigenvalue weighted by Gasteiger charge is -2.33. The van der Waals surface area contributed by atoms with Gasteiger partial charge in [-0.3, -0.25) is 9.55 Å². The molecule has 4 rings (SSSR count). The fourth-order valence-corrected chi connectivity index (χ4v) is 3.42. The Hall–Kier alpha value is -3.26. The fraction of sp³-hybridized carbons (Fsp3) is 0.368. The number of nitriles is 1. The highest BCUT2D eigenvalue weighted by molar-refractivity contribution is 5.76. The van der Waals surface area contributed by atoms with Gasteiger partial charge in [0.05, 0.1) is 29.4 Å². The highest BCUT2D eigenvalue weighted by Crippen LogP contribution is 2.32. The molecule has 0 bridgehead atoms. The average Bonchev–Trinajstić information content (AvgIpc) is 3.07. The van der Waals surface area contributed by atoms with Crippen molar-refractivity contribution in [3.63, 3.8) is 0 Å². The van der Waals surface area contributed by atoms with Gasteiger partial charge in [-0.05, 0) is 24.6 Å². The van der Waals surface area contributed by atoms with Crippen LogP contribution in [0.2, 0.25) is 0 Å². The van der Waals surface area contributed by atoms with Gasteiger partial charge >= 0.3 is 6.18 Å². The van der Waals surface area contributed by atoms with E-state index in [1.807, 2.05) is 6.07 Å². The number of piperidine rings is 1. The molecule has 0 aromatic carbocycles. The van der Waals surface area contributed by atoms with E-state index in [0.717, 1.165) is 12.3 Å². The Morgan fingerprint density at radius 1 is 1.23 bits per heavy atom. The lowest BCUT2D eigenvalue weighted by molar-refractivity contribution is -0.137. The van der Waals surface area contributed by atoms with Crippen molar-refractivity contribution in [3.05, 3.63) is 47.4 Å². The molecule has 7 nitrogen and oxygen atoms in total. The fourth-order valence-electron chi connectivity index (χ4n) is 3.42. The van der Waals surface area contributed by atoms with Gasteiger partial charge < -0.3 is 10.6 Å². The van der Waals surface area contributed by atoms with Crippen molar-refractivity contribution in [2.75, 3.05) is 18.0 Å². The summed E-state index contributed by atoms with van der Waals surface area (Å²) in [6, 6.07) is 5.44. The number of hydrogen-bond acceptors (Lipinski definition) is 6. The van der Waals surface area contributed by atoms with E-state index in [0.29, 0.717) is 23.8 Å². The largest absolute Gasteiger partial charge is 0.417 e. The molecule has 30 heavy (non-hydrogen) atoms. The molecule has 0 aliphatic carbocycles. The number of pyridine rings is 2. The molecule has 2 atom stereocenters. The second-order valence-corrected chi connectivity index (χ2v) is 7.13. The van der Waals surface area contributed by atoms with Gasteiger partial charge in [-0.1, -0.05) is 0 Å². The van der Waals surface area contributed by atoms with E-state index in [1.165, 1.54) is 6.20 Å². The van der Waals surface area contributed by atoms with E-state index in [1.54, 1.807) is 21.6 Å². The molecule has 0 radical (unpaired) electrons. The first kappa shape index (κ1) is 20.0. The van der Waals surface area contributed by atoms with E-state index in [2.05, 4.69) is 15.0 Å². The van der Waals surface area contributed by atoms with Crippen LogP contribution in [0.3, 0.4) is 0 Å². The molecule has 156 valence electrons. The van der Waals surface area contributed by atoms with Gasteiger partial charge in [0.15, 0.2) is 5.65 Å². The molecule has 0 amide bonds. The second-order valence-electron chi connectivity index (χ2n) is 7.13. The zero-order valence-electron chi connectivity index (χ0n) is 15.6. The van der Waals surface area contributed by atoms with Crippen molar-refractivity contribution in [1.29, 1.82) is 5.26 Å². The third-order valence-corrected chi connectivity index (χ3v) is 5.02. The zero-order valence-corrected chi connectivity index (χ0v) is 15.6. The van der Waals surface area contributed by atoms with Crippen molar-refractivity contribution in [2.24, 2.45) is 5.73 Å². The monoisotopic (exact) mass is 419 g/mol. The molecule has 1 aliphatic rings. The smallest absolute Gasteiger partial charge is 0.340 e. The molecule has 0 unspecified atom stereocenters. The van der Waals surface area contributed by atoms with E-state index in [9.17, 15) is 17.6 Å². The highest BCUT2D eigenvalue weighted by atomic mass is 19.4. The summed E-state index contributed by atoms with van der Waals surface area (Å²) in [4.78, 5) is 14.3. The van der Waals surface area contributed by atoms with Crippen LogP contribution in [0.5, 0.6) is 0 Å². The number of anilines is 1. The molecule has 0 spiro atoms. The quantitative estimate of drug-likeness (QED) is 0.656. The van der Waals surface area contributed by atoms with Crippen molar-refractivity contribution >= 4 is 17.1 Å². The Morgan fingerprint density at radius 3 is 2.67 bits per heavy atom. The van der Waals surface area contributed by atoms with E-state index < -0.39 is 24.0 Å². The Bertz CT molecular complexity index is 1100. The lowest BCUT2D eigenvalue weighted by Crippen LogP contribution is -2.50. The van der Waals surface area contributed by atoms with E-state index in [-0.39, 0.29) is 30.7 Å². The predicted octanol–water partition coefficient (Wildman–Crippen LogP) is 2.64. The SMILES string of the molecule is N#Cc1ccc(Cn2c(N3CC[C@@H](F)[C@H](N)C3)nc3cc(C(F)(F)F)cnc32)nc1. The zero-order chi connectivity index (χ0) is 21.5. The van der Waals surface area contributed by atoms with Gasteiger partial charge in [-0.2, -0.15) is 18.4 Å². The van der Waals surface area contributed by atoms with Crippen LogP contribution in [0.25, 0.3) is 11.2 Å². The molecule has 1 aliphatic heterocycles. The van der Waals surface area contributed by atoms with E-state index >= 15 is 0 Å². The van der Waals surface area contributed by atoms with Crippen LogP contribution in [-0.2, 0) is 12.7 Å². The molecule has 0 saturated carbocycles. The molecule has 3 aromatic heterocycles. The van der Waals surface area contributed by atoms with Crippen LogP contribution in [0, 0.1) is 11.3 Å². The van der Waals surface area contributed by atoms with E-state index in [4.69, 9.17) is 11.0 Å². The summed E-state index contributed by atoms with van der Waals surface area (Å²) in [5, 5.41) is 8.92. The summed E-state index contributed by atoms with van der Waals surface area (Å²) in [5.41, 5.74) is 6.24. The normalized spacial score (nSPS) is 19.8. The predicted molar refractivity (Wildman–Crippen MR) is 100 cm³/mol. The van der Waals surface area contributed by atoms with Gasteiger partial charge in [-0.15, -0.1) is 0 Å². The standard InChI is InChI=1S/C19H17F4N7/c20-14-3-4-29(10-15(14)25)18-28-16-5-12(19(21,22)23)8-27-17(16)30(18)9-13-2-1-11(6-24)7-26-13/h1-2,5,7-8,14-15H,3-4,9-10,25H2/t14-,15-/m1/s1. The first-order valence-electron chi connectivity index (χ1n) is 9.19. The lowest BCUT2D eigenvalue weighted by atomic mass is 10.1. The van der Waals surface area contributed by atoms with Gasteiger partial charge in [0.25, 0.3) is 0 Å². The van der Waals surface area contributed by atoms with Crippen molar-refractivity contribution < 1.29 is 17.6 Å². The number of aromatic nitrogens is 4. The van der Waals surface area contributed by atoms with Crippen LogP contribution < -0.4 is 10.6 Å². The highest BCUT2D eigenvalue weighted by Gasteiger charge is 2.33. The molecule has 1 saturated heterocycles. The van der Waals surface area contributed by atoms with Gasteiger partial charge in [0, 0.05) is 25.5 Å². The Kier molecular flexibility index (Phi) is 5.03. The summed E-state index contributed by atoms with van der Waals surface area (Å²) < 4.78 is 54.8. The second kappa shape index (κ2) is 7.53. The number of fused-ring (bicyclic) bond motifs is 1. The van der Waals surface area contributed by atoms with Crippen LogP contribution in [0.15, 0.2) is 30.6 Å². The topological polar surface area (TPSA) is 96.7 Å². The summed E-state index contributed by atoms with van der Waals surface area (Å²) >= 11 is 0. The first-order chi connectivity index (χ1) is 14.3. The van der Waals surface area contributed by atoms with Crippen molar-refractivity contribution in [2.45, 2.75) is 31.4 Å². The number of nitrogens with zero attached hydrogens (tertiary/aromatic N) is 6. The molecule has 2 N–H and O–H groups in total. The minimum atomic E-state index is -4.55. The van der Waals surface area contributed by atoms with Gasteiger partial charge in [0.1, 0.15) is 17.8 Å². The Balaban J connectivity index is 1.79. The molecule has 3 aromatic rings. The summed E-state index contributed by atoms with van der Waals surface area (Å²) in [6.45, 7) is 0.670. The number of alkyl halides is 4. The van der Waals surface area contributed by atoms with Crippen molar-refractivity contribution in [1.82, 2.24) is 19.5 Å². The third-order valence-electron chi connectivity index (χ3n) is 5.02.